The summed E-state index contributed by atoms with van der Waals surface area (Å²) in [5, 5.41) is 0. The topological polar surface area (TPSA) is 53.1 Å². The zero-order valence-electron chi connectivity index (χ0n) is 20.5. The summed E-state index contributed by atoms with van der Waals surface area (Å²) in [7, 11) is 0. The van der Waals surface area contributed by atoms with Gasteiger partial charge < -0.3 is 19.4 Å². The van der Waals surface area contributed by atoms with Crippen LogP contribution in [0.5, 0.6) is 5.75 Å². The molecule has 34 heavy (non-hydrogen) atoms. The maximum Gasteiger partial charge on any atom is 0.254 e. The molecule has 2 amide bonds. The second kappa shape index (κ2) is 11.5. The first-order valence-corrected chi connectivity index (χ1v) is 12.6. The molecule has 0 bridgehead atoms. The highest BCUT2D eigenvalue weighted by atomic mass is 16.5. The van der Waals surface area contributed by atoms with Gasteiger partial charge in [-0.25, -0.2) is 0 Å². The van der Waals surface area contributed by atoms with Crippen molar-refractivity contribution in [3.05, 3.63) is 65.7 Å². The monoisotopic (exact) mass is 463 g/mol. The van der Waals surface area contributed by atoms with E-state index in [0.717, 1.165) is 18.7 Å². The van der Waals surface area contributed by atoms with Crippen LogP contribution in [0.25, 0.3) is 0 Å². The fraction of sp³-hybridized carbons (Fsp3) is 0.500. The first-order chi connectivity index (χ1) is 16.5. The normalized spacial score (nSPS) is 21.4. The van der Waals surface area contributed by atoms with E-state index in [1.165, 1.54) is 32.4 Å². The van der Waals surface area contributed by atoms with Crippen molar-refractivity contribution in [2.24, 2.45) is 0 Å². The van der Waals surface area contributed by atoms with Gasteiger partial charge in [-0.2, -0.15) is 0 Å². The van der Waals surface area contributed by atoms with Gasteiger partial charge >= 0.3 is 0 Å². The summed E-state index contributed by atoms with van der Waals surface area (Å²) >= 11 is 0. The molecule has 2 saturated heterocycles. The van der Waals surface area contributed by atoms with Crippen molar-refractivity contribution in [1.29, 1.82) is 0 Å². The van der Waals surface area contributed by atoms with E-state index < -0.39 is 0 Å². The maximum atomic E-state index is 13.2. The summed E-state index contributed by atoms with van der Waals surface area (Å²) in [5.74, 6) is 0.826. The van der Waals surface area contributed by atoms with Crippen LogP contribution in [0.4, 0.5) is 0 Å². The van der Waals surface area contributed by atoms with Crippen LogP contribution in [0.15, 0.2) is 54.6 Å². The smallest absolute Gasteiger partial charge is 0.254 e. The summed E-state index contributed by atoms with van der Waals surface area (Å²) in [6.45, 7) is 9.27. The molecule has 182 valence electrons. The molecular formula is C28H37N3O3. The van der Waals surface area contributed by atoms with E-state index in [1.807, 2.05) is 78.2 Å². The Kier molecular flexibility index (Phi) is 8.22. The number of benzene rings is 2. The minimum absolute atomic E-state index is 0.00200. The molecule has 2 aliphatic heterocycles. The molecule has 0 aliphatic carbocycles. The second-order valence-corrected chi connectivity index (χ2v) is 9.62. The van der Waals surface area contributed by atoms with Gasteiger partial charge in [0.25, 0.3) is 11.8 Å². The van der Waals surface area contributed by atoms with Crippen LogP contribution < -0.4 is 4.74 Å². The van der Waals surface area contributed by atoms with Gasteiger partial charge in [0.05, 0.1) is 6.61 Å². The molecular weight excluding hydrogens is 426 g/mol. The molecule has 0 saturated carbocycles. The minimum Gasteiger partial charge on any atom is -0.494 e. The maximum absolute atomic E-state index is 13.2. The molecule has 6 heteroatoms. The lowest BCUT2D eigenvalue weighted by Gasteiger charge is -2.44. The number of hydrogen-bond acceptors (Lipinski definition) is 4. The molecule has 4 rings (SSSR count). The summed E-state index contributed by atoms with van der Waals surface area (Å²) in [4.78, 5) is 32.4. The molecule has 0 radical (unpaired) electrons. The van der Waals surface area contributed by atoms with E-state index in [4.69, 9.17) is 4.74 Å². The first-order valence-electron chi connectivity index (χ1n) is 12.6. The third-order valence-corrected chi connectivity index (χ3v) is 6.90. The van der Waals surface area contributed by atoms with Crippen molar-refractivity contribution in [3.63, 3.8) is 0 Å². The van der Waals surface area contributed by atoms with Crippen molar-refractivity contribution in [2.75, 3.05) is 39.3 Å². The Balaban J connectivity index is 1.27. The predicted octanol–water partition coefficient (Wildman–Crippen LogP) is 4.32. The van der Waals surface area contributed by atoms with E-state index in [2.05, 4.69) is 4.90 Å². The number of ether oxygens (including phenoxy) is 1. The number of hydrogen-bond donors (Lipinski definition) is 0. The van der Waals surface area contributed by atoms with Gasteiger partial charge in [-0.3, -0.25) is 9.59 Å². The highest BCUT2D eigenvalue weighted by Gasteiger charge is 2.35. The molecule has 2 fully saturated rings. The number of amides is 2. The Morgan fingerprint density at radius 3 is 2.09 bits per heavy atom. The summed E-state index contributed by atoms with van der Waals surface area (Å²) in [6, 6.07) is 16.7. The Morgan fingerprint density at radius 1 is 0.824 bits per heavy atom. The molecule has 2 heterocycles. The van der Waals surface area contributed by atoms with Crippen LogP contribution in [0.2, 0.25) is 0 Å². The van der Waals surface area contributed by atoms with Crippen LogP contribution in [-0.2, 0) is 0 Å². The van der Waals surface area contributed by atoms with Crippen molar-refractivity contribution in [3.8, 4) is 5.75 Å². The van der Waals surface area contributed by atoms with E-state index in [1.54, 1.807) is 0 Å². The Hall–Kier alpha value is -2.86. The van der Waals surface area contributed by atoms with E-state index >= 15 is 0 Å². The average molecular weight is 464 g/mol. The second-order valence-electron chi connectivity index (χ2n) is 9.62. The molecule has 0 spiro atoms. The fourth-order valence-corrected chi connectivity index (χ4v) is 5.16. The standard InChI is InChI=1S/C28H37N3O3/c1-22-20-30(21-23(2)31(22)28(33)24-10-5-3-6-11-24)27(32)25-12-14-26(15-13-25)34-19-9-18-29-16-7-4-8-17-29/h3,5-6,10-15,22-23H,4,7-9,16-21H2,1-2H3/t22-,23+. The fourth-order valence-electron chi connectivity index (χ4n) is 5.16. The van der Waals surface area contributed by atoms with Crippen LogP contribution in [0.1, 0.15) is 60.2 Å². The van der Waals surface area contributed by atoms with E-state index in [9.17, 15) is 9.59 Å². The molecule has 6 nitrogen and oxygen atoms in total. The highest BCUT2D eigenvalue weighted by Crippen LogP contribution is 2.22. The number of piperidine rings is 1. The van der Waals surface area contributed by atoms with Gasteiger partial charge in [0.1, 0.15) is 5.75 Å². The molecule has 0 aromatic heterocycles. The van der Waals surface area contributed by atoms with Crippen molar-refractivity contribution in [2.45, 2.75) is 51.6 Å². The Morgan fingerprint density at radius 2 is 1.44 bits per heavy atom. The van der Waals surface area contributed by atoms with Crippen LogP contribution in [0.3, 0.4) is 0 Å². The number of piperazine rings is 1. The van der Waals surface area contributed by atoms with Crippen LogP contribution in [0, 0.1) is 0 Å². The highest BCUT2D eigenvalue weighted by molar-refractivity contribution is 5.96. The molecule has 2 aromatic rings. The summed E-state index contributed by atoms with van der Waals surface area (Å²) in [6.07, 6.45) is 5.00. The zero-order valence-corrected chi connectivity index (χ0v) is 20.5. The number of carbonyl (C=O) groups excluding carboxylic acids is 2. The van der Waals surface area contributed by atoms with Gasteiger partial charge in [-0.15, -0.1) is 0 Å². The number of rotatable bonds is 7. The zero-order chi connectivity index (χ0) is 23.9. The molecule has 0 unspecified atom stereocenters. The lowest BCUT2D eigenvalue weighted by Crippen LogP contribution is -2.59. The number of nitrogens with zero attached hydrogens (tertiary/aromatic N) is 3. The molecule has 2 aromatic carbocycles. The average Bonchev–Trinajstić information content (AvgIpc) is 2.87. The summed E-state index contributed by atoms with van der Waals surface area (Å²) in [5.41, 5.74) is 1.34. The molecule has 0 N–H and O–H groups in total. The van der Waals surface area contributed by atoms with Gasteiger partial charge in [0.2, 0.25) is 0 Å². The largest absolute Gasteiger partial charge is 0.494 e. The van der Waals surface area contributed by atoms with Crippen molar-refractivity contribution in [1.82, 2.24) is 14.7 Å². The van der Waals surface area contributed by atoms with Gasteiger partial charge in [0, 0.05) is 42.8 Å². The lowest BCUT2D eigenvalue weighted by molar-refractivity contribution is 0.0254. The predicted molar refractivity (Wildman–Crippen MR) is 134 cm³/mol. The van der Waals surface area contributed by atoms with E-state index in [-0.39, 0.29) is 23.9 Å². The van der Waals surface area contributed by atoms with Gasteiger partial charge in [-0.05, 0) is 82.6 Å². The lowest BCUT2D eigenvalue weighted by atomic mass is 10.0. The van der Waals surface area contributed by atoms with Crippen LogP contribution >= 0.6 is 0 Å². The van der Waals surface area contributed by atoms with Crippen molar-refractivity contribution >= 4 is 11.8 Å². The molecule has 2 atom stereocenters. The van der Waals surface area contributed by atoms with Crippen molar-refractivity contribution < 1.29 is 14.3 Å². The summed E-state index contributed by atoms with van der Waals surface area (Å²) < 4.78 is 5.90. The third-order valence-electron chi connectivity index (χ3n) is 6.90. The van der Waals surface area contributed by atoms with E-state index in [0.29, 0.717) is 30.8 Å². The van der Waals surface area contributed by atoms with Gasteiger partial charge in [-0.1, -0.05) is 24.6 Å². The molecule has 2 aliphatic rings. The minimum atomic E-state index is -0.0529. The Labute approximate surface area is 203 Å². The van der Waals surface area contributed by atoms with Crippen LogP contribution in [-0.4, -0.2) is 77.9 Å². The number of likely N-dealkylation sites (tertiary alicyclic amines) is 1. The first kappa shape index (κ1) is 24.3. The quantitative estimate of drug-likeness (QED) is 0.574. The Bertz CT molecular complexity index is 929. The number of carbonyl (C=O) groups is 2. The van der Waals surface area contributed by atoms with Gasteiger partial charge in [0.15, 0.2) is 0 Å². The third kappa shape index (κ3) is 5.98. The SMILES string of the molecule is C[C@@H]1CN(C(=O)c2ccc(OCCCN3CCCCC3)cc2)C[C@H](C)N1C(=O)c1ccccc1.